The molecule has 1 unspecified atom stereocenters. The molecule has 0 fully saturated rings. The van der Waals surface area contributed by atoms with E-state index < -0.39 is 16.1 Å². The second-order valence-electron chi connectivity index (χ2n) is 6.77. The van der Waals surface area contributed by atoms with E-state index in [2.05, 4.69) is 38.4 Å². The summed E-state index contributed by atoms with van der Waals surface area (Å²) in [5.74, 6) is 0. The Morgan fingerprint density at radius 1 is 1.04 bits per heavy atom. The molecule has 0 spiro atoms. The molecule has 158 valence electrons. The lowest BCUT2D eigenvalue weighted by molar-refractivity contribution is 0.171. The molecular weight excluding hydrogens is 398 g/mol. The molecule has 0 aliphatic heterocycles. The Balaban J connectivity index is 2.78. The average molecular weight is 430 g/mol. The van der Waals surface area contributed by atoms with Crippen molar-refractivity contribution in [2.24, 2.45) is 0 Å². The summed E-state index contributed by atoms with van der Waals surface area (Å²) < 4.78 is 36.4. The maximum absolute atomic E-state index is 12.2. The predicted octanol–water partition coefficient (Wildman–Crippen LogP) is 5.47. The summed E-state index contributed by atoms with van der Waals surface area (Å²) in [7, 11) is -1.59. The van der Waals surface area contributed by atoms with Gasteiger partial charge in [0.15, 0.2) is 0 Å². The van der Waals surface area contributed by atoms with Crippen molar-refractivity contribution in [2.75, 3.05) is 20.8 Å². The van der Waals surface area contributed by atoms with E-state index >= 15 is 0 Å². The predicted molar refractivity (Wildman–Crippen MR) is 112 cm³/mol. The SMILES string of the molecule is COP(=O)(Cc1ccc(COP(OCCC#N)N(C(C)C)C(C)C)cc1)OC. The molecule has 0 saturated carbocycles. The Labute approximate surface area is 170 Å². The Morgan fingerprint density at radius 3 is 2.04 bits per heavy atom. The van der Waals surface area contributed by atoms with Crippen molar-refractivity contribution in [3.63, 3.8) is 0 Å². The molecule has 0 saturated heterocycles. The first-order chi connectivity index (χ1) is 13.3. The number of nitriles is 1. The third kappa shape index (κ3) is 8.27. The lowest BCUT2D eigenvalue weighted by Gasteiger charge is -2.35. The normalized spacial score (nSPS) is 13.3. The molecule has 0 bridgehead atoms. The van der Waals surface area contributed by atoms with Crippen LogP contribution >= 0.6 is 16.1 Å². The van der Waals surface area contributed by atoms with Crippen molar-refractivity contribution in [3.05, 3.63) is 35.4 Å². The first kappa shape index (κ1) is 25.2. The fraction of sp³-hybridized carbons (Fsp3) is 0.632. The topological polar surface area (TPSA) is 81.0 Å². The highest BCUT2D eigenvalue weighted by molar-refractivity contribution is 7.52. The molecule has 28 heavy (non-hydrogen) atoms. The fourth-order valence-corrected chi connectivity index (χ4v) is 5.28. The summed E-state index contributed by atoms with van der Waals surface area (Å²) in [6, 6.07) is 10.3. The second-order valence-corrected chi connectivity index (χ2v) is 10.5. The lowest BCUT2D eigenvalue weighted by Crippen LogP contribution is -2.33. The highest BCUT2D eigenvalue weighted by Crippen LogP contribution is 2.50. The molecule has 0 amide bonds. The number of hydrogen-bond donors (Lipinski definition) is 0. The monoisotopic (exact) mass is 430 g/mol. The molecule has 0 radical (unpaired) electrons. The summed E-state index contributed by atoms with van der Waals surface area (Å²) in [5, 5.41) is 8.77. The van der Waals surface area contributed by atoms with Gasteiger partial charge in [0.25, 0.3) is 8.53 Å². The smallest absolute Gasteiger partial charge is 0.321 e. The molecule has 1 aromatic rings. The van der Waals surface area contributed by atoms with Crippen LogP contribution < -0.4 is 0 Å². The lowest BCUT2D eigenvalue weighted by atomic mass is 10.2. The molecule has 1 atom stereocenters. The van der Waals surface area contributed by atoms with Crippen molar-refractivity contribution in [1.29, 1.82) is 5.26 Å². The molecule has 1 rings (SSSR count). The van der Waals surface area contributed by atoms with E-state index in [1.807, 2.05) is 24.3 Å². The minimum absolute atomic E-state index is 0.222. The van der Waals surface area contributed by atoms with Crippen molar-refractivity contribution in [1.82, 2.24) is 4.67 Å². The van der Waals surface area contributed by atoms with Crippen LogP contribution in [0.15, 0.2) is 24.3 Å². The van der Waals surface area contributed by atoms with E-state index in [0.29, 0.717) is 19.6 Å². The summed E-state index contributed by atoms with van der Waals surface area (Å²) in [4.78, 5) is 0. The Kier molecular flexibility index (Phi) is 11.4. The second kappa shape index (κ2) is 12.7. The van der Waals surface area contributed by atoms with Crippen LogP contribution in [-0.4, -0.2) is 37.6 Å². The third-order valence-corrected chi connectivity index (χ3v) is 7.88. The Morgan fingerprint density at radius 2 is 1.57 bits per heavy atom. The van der Waals surface area contributed by atoms with Gasteiger partial charge in [0.1, 0.15) is 0 Å². The fourth-order valence-electron chi connectivity index (χ4n) is 2.61. The van der Waals surface area contributed by atoms with Crippen LogP contribution in [0.4, 0.5) is 0 Å². The molecule has 1 aromatic carbocycles. The average Bonchev–Trinajstić information content (AvgIpc) is 2.66. The van der Waals surface area contributed by atoms with Crippen molar-refractivity contribution in [3.8, 4) is 6.07 Å². The zero-order valence-corrected chi connectivity index (χ0v) is 19.4. The standard InChI is InChI=1S/C19H32N2O5P2/c1-16(2)21(17(3)4)27(25-13-7-12-20)26-14-18-8-10-19(11-9-18)15-28(22,23-5)24-6/h8-11,16-17H,7,13-15H2,1-6H3. The minimum Gasteiger partial charge on any atom is -0.321 e. The summed E-state index contributed by atoms with van der Waals surface area (Å²) in [6.45, 7) is 9.15. The first-order valence-electron chi connectivity index (χ1n) is 9.25. The van der Waals surface area contributed by atoms with Gasteiger partial charge in [0, 0.05) is 26.3 Å². The van der Waals surface area contributed by atoms with E-state index in [1.165, 1.54) is 14.2 Å². The highest BCUT2D eigenvalue weighted by Gasteiger charge is 2.27. The van der Waals surface area contributed by atoms with Gasteiger partial charge in [-0.3, -0.25) is 4.57 Å². The van der Waals surface area contributed by atoms with E-state index in [-0.39, 0.29) is 18.2 Å². The van der Waals surface area contributed by atoms with Gasteiger partial charge in [-0.15, -0.1) is 0 Å². The summed E-state index contributed by atoms with van der Waals surface area (Å²) in [5.41, 5.74) is 1.85. The molecule has 0 aliphatic carbocycles. The van der Waals surface area contributed by atoms with Gasteiger partial charge in [0.05, 0.1) is 31.9 Å². The molecule has 0 N–H and O–H groups in total. The van der Waals surface area contributed by atoms with Crippen LogP contribution in [0, 0.1) is 11.3 Å². The molecule has 9 heteroatoms. The van der Waals surface area contributed by atoms with Crippen LogP contribution in [0.5, 0.6) is 0 Å². The zero-order chi connectivity index (χ0) is 21.2. The summed E-state index contributed by atoms with van der Waals surface area (Å²) in [6.07, 6.45) is 0.555. The van der Waals surface area contributed by atoms with Gasteiger partial charge in [-0.2, -0.15) is 5.26 Å². The van der Waals surface area contributed by atoms with Crippen LogP contribution in [0.1, 0.15) is 45.2 Å². The number of rotatable bonds is 13. The quantitative estimate of drug-likeness (QED) is 0.303. The van der Waals surface area contributed by atoms with E-state index in [0.717, 1.165) is 11.1 Å². The van der Waals surface area contributed by atoms with Crippen LogP contribution in [0.25, 0.3) is 0 Å². The zero-order valence-electron chi connectivity index (χ0n) is 17.6. The molecular formula is C19H32N2O5P2. The maximum Gasteiger partial charge on any atom is 0.334 e. The molecule has 0 heterocycles. The van der Waals surface area contributed by atoms with E-state index in [1.54, 1.807) is 0 Å². The van der Waals surface area contributed by atoms with Crippen molar-refractivity contribution in [2.45, 2.75) is 59.0 Å². The highest BCUT2D eigenvalue weighted by atomic mass is 31.2. The van der Waals surface area contributed by atoms with Crippen molar-refractivity contribution >= 4 is 16.1 Å². The van der Waals surface area contributed by atoms with Gasteiger partial charge < -0.3 is 18.1 Å². The van der Waals surface area contributed by atoms with Crippen molar-refractivity contribution < 1.29 is 22.7 Å². The number of hydrogen-bond acceptors (Lipinski definition) is 7. The van der Waals surface area contributed by atoms with Crippen LogP contribution in [0.2, 0.25) is 0 Å². The van der Waals surface area contributed by atoms with Crippen LogP contribution in [0.3, 0.4) is 0 Å². The van der Waals surface area contributed by atoms with E-state index in [9.17, 15) is 4.57 Å². The molecule has 7 nitrogen and oxygen atoms in total. The third-order valence-electron chi connectivity index (χ3n) is 3.96. The number of benzene rings is 1. The van der Waals surface area contributed by atoms with E-state index in [4.69, 9.17) is 23.4 Å². The Hall–Kier alpha value is -0.830. The minimum atomic E-state index is -3.08. The van der Waals surface area contributed by atoms with Gasteiger partial charge >= 0.3 is 7.60 Å². The van der Waals surface area contributed by atoms with Crippen LogP contribution in [-0.2, 0) is 35.4 Å². The Bertz CT molecular complexity index is 645. The molecule has 0 aliphatic rings. The molecule has 0 aromatic heterocycles. The van der Waals surface area contributed by atoms with Gasteiger partial charge in [-0.25, -0.2) is 4.67 Å². The summed E-state index contributed by atoms with van der Waals surface area (Å²) >= 11 is 0. The van der Waals surface area contributed by atoms with Gasteiger partial charge in [0.2, 0.25) is 0 Å². The largest absolute Gasteiger partial charge is 0.334 e. The van der Waals surface area contributed by atoms with Gasteiger partial charge in [-0.1, -0.05) is 24.3 Å². The first-order valence-corrected chi connectivity index (χ1v) is 12.1. The maximum atomic E-state index is 12.2. The number of nitrogens with zero attached hydrogens (tertiary/aromatic N) is 2. The van der Waals surface area contributed by atoms with Gasteiger partial charge in [-0.05, 0) is 38.8 Å².